The van der Waals surface area contributed by atoms with Crippen LogP contribution in [0.1, 0.15) is 44.1 Å². The van der Waals surface area contributed by atoms with Crippen molar-refractivity contribution in [3.8, 4) is 11.5 Å². The Kier molecular flexibility index (Phi) is 8.98. The molecule has 0 aliphatic carbocycles. The lowest BCUT2D eigenvalue weighted by molar-refractivity contribution is -0.139. The fraction of sp³-hybridized carbons (Fsp3) is 0.269. The second-order valence-electron chi connectivity index (χ2n) is 8.42. The van der Waals surface area contributed by atoms with Crippen molar-refractivity contribution in [1.82, 2.24) is 20.6 Å². The number of phenols is 2. The molecule has 37 heavy (non-hydrogen) atoms. The van der Waals surface area contributed by atoms with E-state index >= 15 is 0 Å². The van der Waals surface area contributed by atoms with E-state index in [1.54, 1.807) is 32.0 Å². The molecule has 1 atom stereocenters. The first-order valence-corrected chi connectivity index (χ1v) is 11.6. The van der Waals surface area contributed by atoms with E-state index in [4.69, 9.17) is 0 Å². The van der Waals surface area contributed by atoms with Crippen molar-refractivity contribution in [2.24, 2.45) is 0 Å². The largest absolute Gasteiger partial charge is 0.508 e. The molecule has 6 N–H and O–H groups in total. The molecule has 0 spiro atoms. The van der Waals surface area contributed by atoms with Gasteiger partial charge >= 0.3 is 5.97 Å². The predicted molar refractivity (Wildman–Crippen MR) is 136 cm³/mol. The molecule has 1 aromatic heterocycles. The van der Waals surface area contributed by atoms with Crippen molar-refractivity contribution < 1.29 is 29.7 Å². The van der Waals surface area contributed by atoms with Gasteiger partial charge in [-0.05, 0) is 62.6 Å². The number of rotatable bonds is 11. The third kappa shape index (κ3) is 7.66. The summed E-state index contributed by atoms with van der Waals surface area (Å²) in [5, 5.41) is 36.6. The second-order valence-corrected chi connectivity index (χ2v) is 8.42. The molecule has 3 rings (SSSR count). The number of benzene rings is 2. The zero-order chi connectivity index (χ0) is 26.9. The second kappa shape index (κ2) is 12.3. The molecule has 3 aromatic rings. The van der Waals surface area contributed by atoms with Crippen molar-refractivity contribution in [2.75, 3.05) is 18.4 Å². The van der Waals surface area contributed by atoms with Crippen molar-refractivity contribution in [3.05, 3.63) is 76.6 Å². The number of carboxylic acids is 1. The van der Waals surface area contributed by atoms with E-state index in [2.05, 4.69) is 25.9 Å². The molecule has 0 aliphatic heterocycles. The summed E-state index contributed by atoms with van der Waals surface area (Å²) >= 11 is 0. The topological polar surface area (TPSA) is 174 Å². The average Bonchev–Trinajstić information content (AvgIpc) is 2.83. The Hall–Kier alpha value is -4.67. The van der Waals surface area contributed by atoms with Gasteiger partial charge in [0, 0.05) is 18.7 Å². The number of carboxylic acid groups (broad SMARTS) is 1. The fourth-order valence-electron chi connectivity index (χ4n) is 3.70. The Labute approximate surface area is 213 Å². The maximum atomic E-state index is 12.9. The SMILES string of the molecule is Cc1nc(NCCCc2cccc(O)c2)nc(C)c1C(=O)NC(CNC(=O)c1cccc(O)c1)C(=O)O. The third-order valence-corrected chi connectivity index (χ3v) is 5.51. The highest BCUT2D eigenvalue weighted by molar-refractivity contribution is 5.99. The van der Waals surface area contributed by atoms with E-state index in [0.717, 1.165) is 18.4 Å². The van der Waals surface area contributed by atoms with Gasteiger partial charge in [0.1, 0.15) is 17.5 Å². The number of aromatic hydroxyl groups is 2. The summed E-state index contributed by atoms with van der Waals surface area (Å²) in [6.07, 6.45) is 1.51. The van der Waals surface area contributed by atoms with Crippen LogP contribution < -0.4 is 16.0 Å². The minimum absolute atomic E-state index is 0.101. The lowest BCUT2D eigenvalue weighted by Gasteiger charge is -2.17. The lowest BCUT2D eigenvalue weighted by Crippen LogP contribution is -2.48. The molecule has 0 saturated carbocycles. The Morgan fingerprint density at radius 2 is 1.57 bits per heavy atom. The van der Waals surface area contributed by atoms with Crippen molar-refractivity contribution in [2.45, 2.75) is 32.7 Å². The van der Waals surface area contributed by atoms with Gasteiger partial charge in [0.2, 0.25) is 5.95 Å². The molecule has 2 amide bonds. The normalized spacial score (nSPS) is 11.4. The summed E-state index contributed by atoms with van der Waals surface area (Å²) in [4.78, 5) is 45.5. The number of aromatic nitrogens is 2. The van der Waals surface area contributed by atoms with Gasteiger partial charge in [-0.2, -0.15) is 0 Å². The first kappa shape index (κ1) is 26.9. The number of hydrogen-bond donors (Lipinski definition) is 6. The number of nitrogens with one attached hydrogen (secondary N) is 3. The molecule has 0 radical (unpaired) electrons. The molecule has 0 fully saturated rings. The summed E-state index contributed by atoms with van der Waals surface area (Å²) in [6.45, 7) is 3.45. The predicted octanol–water partition coefficient (Wildman–Crippen LogP) is 2.16. The number of phenolic OH excluding ortho intramolecular Hbond substituents is 2. The van der Waals surface area contributed by atoms with Crippen LogP contribution in [0.4, 0.5) is 5.95 Å². The molecule has 0 saturated heterocycles. The molecule has 11 heteroatoms. The molecule has 1 heterocycles. The Morgan fingerprint density at radius 1 is 0.919 bits per heavy atom. The summed E-state index contributed by atoms with van der Waals surface area (Å²) in [6, 6.07) is 11.2. The molecule has 11 nitrogen and oxygen atoms in total. The van der Waals surface area contributed by atoms with Crippen LogP contribution in [-0.2, 0) is 11.2 Å². The van der Waals surface area contributed by atoms with Crippen LogP contribution in [0.2, 0.25) is 0 Å². The number of amides is 2. The number of nitrogens with zero attached hydrogens (tertiary/aromatic N) is 2. The Balaban J connectivity index is 1.58. The van der Waals surface area contributed by atoms with Gasteiger partial charge in [0.05, 0.1) is 17.0 Å². The quantitative estimate of drug-likeness (QED) is 0.213. The zero-order valence-electron chi connectivity index (χ0n) is 20.5. The number of carbonyl (C=O) groups is 3. The maximum Gasteiger partial charge on any atom is 0.328 e. The number of aryl methyl sites for hydroxylation is 3. The smallest absolute Gasteiger partial charge is 0.328 e. The molecule has 0 bridgehead atoms. The lowest BCUT2D eigenvalue weighted by atomic mass is 10.1. The highest BCUT2D eigenvalue weighted by Gasteiger charge is 2.24. The zero-order valence-corrected chi connectivity index (χ0v) is 20.5. The standard InChI is InChI=1S/C26H29N5O6/c1-15-22(16(2)30-26(29-15)27-11-5-7-17-6-3-9-19(32)12-17)24(35)31-21(25(36)37)14-28-23(34)18-8-4-10-20(33)13-18/h3-4,6,8-10,12-13,21,32-33H,5,7,11,14H2,1-2H3,(H,28,34)(H,31,35)(H,36,37)(H,27,29,30). The molecule has 0 aliphatic rings. The molecular formula is C26H29N5O6. The summed E-state index contributed by atoms with van der Waals surface area (Å²) in [5.41, 5.74) is 2.05. The average molecular weight is 508 g/mol. The Morgan fingerprint density at radius 3 is 2.19 bits per heavy atom. The van der Waals surface area contributed by atoms with Crippen LogP contribution >= 0.6 is 0 Å². The van der Waals surface area contributed by atoms with Gasteiger partial charge in [-0.15, -0.1) is 0 Å². The van der Waals surface area contributed by atoms with Crippen molar-refractivity contribution in [3.63, 3.8) is 0 Å². The first-order valence-electron chi connectivity index (χ1n) is 11.6. The highest BCUT2D eigenvalue weighted by atomic mass is 16.4. The van der Waals surface area contributed by atoms with E-state index in [1.807, 2.05) is 6.07 Å². The van der Waals surface area contributed by atoms with Crippen LogP contribution in [0, 0.1) is 13.8 Å². The first-order chi connectivity index (χ1) is 17.6. The van der Waals surface area contributed by atoms with E-state index in [-0.39, 0.29) is 29.2 Å². The van der Waals surface area contributed by atoms with Gasteiger partial charge < -0.3 is 31.3 Å². The van der Waals surface area contributed by atoms with Crippen LogP contribution in [0.3, 0.4) is 0 Å². The number of hydrogen-bond acceptors (Lipinski definition) is 8. The summed E-state index contributed by atoms with van der Waals surface area (Å²) < 4.78 is 0. The molecule has 2 aromatic carbocycles. The van der Waals surface area contributed by atoms with E-state index in [0.29, 0.717) is 23.9 Å². The highest BCUT2D eigenvalue weighted by Crippen LogP contribution is 2.15. The van der Waals surface area contributed by atoms with Crippen LogP contribution in [0.25, 0.3) is 0 Å². The van der Waals surface area contributed by atoms with E-state index in [9.17, 15) is 29.7 Å². The van der Waals surface area contributed by atoms with Crippen molar-refractivity contribution >= 4 is 23.7 Å². The molecule has 194 valence electrons. The summed E-state index contributed by atoms with van der Waals surface area (Å²) in [5.74, 6) is -2.13. The van der Waals surface area contributed by atoms with Gasteiger partial charge in [0.25, 0.3) is 11.8 Å². The Bertz CT molecular complexity index is 1270. The number of aliphatic carboxylic acids is 1. The van der Waals surface area contributed by atoms with Gasteiger partial charge in [0.15, 0.2) is 0 Å². The van der Waals surface area contributed by atoms with Crippen molar-refractivity contribution in [1.29, 1.82) is 0 Å². The van der Waals surface area contributed by atoms with Gasteiger partial charge in [-0.3, -0.25) is 9.59 Å². The van der Waals surface area contributed by atoms with E-state index in [1.165, 1.54) is 24.3 Å². The fourth-order valence-corrected chi connectivity index (χ4v) is 3.70. The molecule has 1 unspecified atom stereocenters. The van der Waals surface area contributed by atoms with Crippen LogP contribution in [0.5, 0.6) is 11.5 Å². The minimum Gasteiger partial charge on any atom is -0.508 e. The van der Waals surface area contributed by atoms with Crippen LogP contribution in [0.15, 0.2) is 48.5 Å². The maximum absolute atomic E-state index is 12.9. The van der Waals surface area contributed by atoms with E-state index < -0.39 is 23.8 Å². The van der Waals surface area contributed by atoms with Gasteiger partial charge in [-0.1, -0.05) is 18.2 Å². The summed E-state index contributed by atoms with van der Waals surface area (Å²) in [7, 11) is 0. The third-order valence-electron chi connectivity index (χ3n) is 5.51. The van der Waals surface area contributed by atoms with Crippen LogP contribution in [-0.4, -0.2) is 62.2 Å². The number of anilines is 1. The minimum atomic E-state index is -1.40. The monoisotopic (exact) mass is 507 g/mol. The van der Waals surface area contributed by atoms with Gasteiger partial charge in [-0.25, -0.2) is 14.8 Å². The molecular weight excluding hydrogens is 478 g/mol. The number of carbonyl (C=O) groups excluding carboxylic acids is 2.